The van der Waals surface area contributed by atoms with E-state index in [9.17, 15) is 8.42 Å². The Hall–Kier alpha value is -3.40. The number of hydrogen-bond acceptors (Lipinski definition) is 7. The molecular weight excluding hydrogens is 652 g/mol. The maximum Gasteiger partial charge on any atom is 0.159 e. The van der Waals surface area contributed by atoms with Crippen molar-refractivity contribution in [2.24, 2.45) is 5.14 Å². The number of imidazole rings is 1. The Morgan fingerprint density at radius 3 is 2.56 bits per heavy atom. The molecule has 0 bridgehead atoms. The van der Waals surface area contributed by atoms with Crippen LogP contribution >= 0.6 is 15.9 Å². The van der Waals surface area contributed by atoms with Gasteiger partial charge in [0.05, 0.1) is 28.3 Å². The van der Waals surface area contributed by atoms with Gasteiger partial charge in [-0.2, -0.15) is 0 Å². The Labute approximate surface area is 259 Å². The number of aromatic nitrogens is 4. The molecule has 14 heteroatoms. The van der Waals surface area contributed by atoms with E-state index in [2.05, 4.69) is 41.8 Å². The standard InChI is InChI=1S/C29H33BrN8O3S2/c1-18-15-24(19(2)38(18)21-7-9-22(10-8-21)42(3,39)37-11-13-41-14-12-37)28-35-27-26(25(30)17-33-29(27)36-28)34-20-5-4-6-23(16-20)43(31,32)40/h4-10,15-17,42H,11-14H2,1-3H3,(H3,31,32,40)(H2,33,34,35,36). The van der Waals surface area contributed by atoms with Gasteiger partial charge in [-0.05, 0) is 88.4 Å². The number of ether oxygens (including phenoxy) is 1. The zero-order valence-electron chi connectivity index (χ0n) is 23.9. The van der Waals surface area contributed by atoms with Crippen LogP contribution in [0.3, 0.4) is 0 Å². The van der Waals surface area contributed by atoms with Gasteiger partial charge in [0.2, 0.25) is 0 Å². The highest BCUT2D eigenvalue weighted by Gasteiger charge is 2.24. The molecule has 1 aliphatic heterocycles. The van der Waals surface area contributed by atoms with Gasteiger partial charge in [0, 0.05) is 58.8 Å². The van der Waals surface area contributed by atoms with Gasteiger partial charge in [-0.3, -0.25) is 4.21 Å². The topological polar surface area (TPSA) is 155 Å². The number of anilines is 2. The first kappa shape index (κ1) is 29.7. The van der Waals surface area contributed by atoms with Gasteiger partial charge in [0.15, 0.2) is 5.65 Å². The molecule has 5 aromatic rings. The molecule has 0 amide bonds. The molecule has 0 radical (unpaired) electrons. The maximum absolute atomic E-state index is 13.7. The van der Waals surface area contributed by atoms with E-state index in [1.165, 1.54) is 0 Å². The molecular formula is C29H33BrN8O3S2. The number of nitrogens with one attached hydrogen (secondary N) is 3. The second-order valence-corrected chi connectivity index (χ2v) is 16.0. The van der Waals surface area contributed by atoms with Gasteiger partial charge in [0.1, 0.15) is 21.3 Å². The summed E-state index contributed by atoms with van der Waals surface area (Å²) in [5.41, 5.74) is 6.41. The first-order chi connectivity index (χ1) is 20.4. The van der Waals surface area contributed by atoms with Gasteiger partial charge < -0.3 is 19.6 Å². The predicted molar refractivity (Wildman–Crippen MR) is 175 cm³/mol. The molecule has 3 aromatic heterocycles. The van der Waals surface area contributed by atoms with Crippen molar-refractivity contribution in [2.75, 3.05) is 37.9 Å². The largest absolute Gasteiger partial charge is 0.379 e. The molecule has 5 N–H and O–H groups in total. The third kappa shape index (κ3) is 5.66. The molecule has 0 aliphatic carbocycles. The molecule has 1 unspecified atom stereocenters. The van der Waals surface area contributed by atoms with Gasteiger partial charge in [-0.1, -0.05) is 6.07 Å². The lowest BCUT2D eigenvalue weighted by Crippen LogP contribution is -2.44. The molecule has 43 heavy (non-hydrogen) atoms. The number of rotatable bonds is 7. The summed E-state index contributed by atoms with van der Waals surface area (Å²) in [4.78, 5) is 13.9. The fourth-order valence-corrected chi connectivity index (χ4v) is 8.39. The van der Waals surface area contributed by atoms with E-state index in [1.54, 1.807) is 30.5 Å². The van der Waals surface area contributed by atoms with Crippen LogP contribution in [0, 0.1) is 18.6 Å². The number of halogens is 1. The maximum atomic E-state index is 13.7. The Bertz CT molecular complexity index is 2000. The molecule has 1 aliphatic rings. The van der Waals surface area contributed by atoms with Crippen molar-refractivity contribution in [3.63, 3.8) is 0 Å². The summed E-state index contributed by atoms with van der Waals surface area (Å²) in [7, 11) is -6.03. The summed E-state index contributed by atoms with van der Waals surface area (Å²) in [6.07, 6.45) is 3.51. The average Bonchev–Trinajstić information content (AvgIpc) is 3.55. The highest BCUT2D eigenvalue weighted by atomic mass is 79.9. The van der Waals surface area contributed by atoms with Crippen LogP contribution in [0.4, 0.5) is 11.4 Å². The lowest BCUT2D eigenvalue weighted by atomic mass is 10.2. The summed E-state index contributed by atoms with van der Waals surface area (Å²) in [5, 5.41) is 8.86. The molecule has 2 aromatic carbocycles. The minimum absolute atomic E-state index is 0.227. The van der Waals surface area contributed by atoms with Crippen LogP contribution in [-0.2, 0) is 24.8 Å². The van der Waals surface area contributed by atoms with Crippen molar-refractivity contribution in [1.82, 2.24) is 23.8 Å². The van der Waals surface area contributed by atoms with Gasteiger partial charge in [-0.15, -0.1) is 0 Å². The van der Waals surface area contributed by atoms with Crippen LogP contribution in [0.25, 0.3) is 28.2 Å². The first-order valence-corrected chi connectivity index (χ1v) is 18.1. The highest BCUT2D eigenvalue weighted by Crippen LogP contribution is 2.35. The van der Waals surface area contributed by atoms with Crippen LogP contribution in [-0.4, -0.2) is 64.8 Å². The normalized spacial score (nSPS) is 16.3. The minimum atomic E-state index is -3.36. The van der Waals surface area contributed by atoms with Gasteiger partial charge in [-0.25, -0.2) is 28.4 Å². The monoisotopic (exact) mass is 684 g/mol. The number of hydrogen-bond donors (Lipinski definition) is 5. The minimum Gasteiger partial charge on any atom is -0.379 e. The van der Waals surface area contributed by atoms with E-state index in [0.29, 0.717) is 59.1 Å². The molecule has 4 heterocycles. The number of thiol groups is 1. The Morgan fingerprint density at radius 2 is 1.86 bits per heavy atom. The molecule has 1 saturated heterocycles. The number of aryl methyl sites for hydroxylation is 1. The number of benzene rings is 2. The van der Waals surface area contributed by atoms with Crippen molar-refractivity contribution in [3.05, 3.63) is 76.7 Å². The molecule has 11 nitrogen and oxygen atoms in total. The van der Waals surface area contributed by atoms with Crippen LogP contribution in [0.1, 0.15) is 11.4 Å². The Balaban J connectivity index is 1.33. The third-order valence-corrected chi connectivity index (χ3v) is 12.0. The zero-order chi connectivity index (χ0) is 30.5. The van der Waals surface area contributed by atoms with Crippen LogP contribution in [0.5, 0.6) is 0 Å². The molecule has 226 valence electrons. The summed E-state index contributed by atoms with van der Waals surface area (Å²) >= 11 is 3.57. The SMILES string of the molecule is Cc1cc(-c2nc3c(Nc4cccc(S(=N)(N)=O)c4)c(Br)cnc3[nH]2)c(C)n1-c1ccc([SH](C)(=O)N2CCOCC2)cc1. The van der Waals surface area contributed by atoms with Crippen LogP contribution in [0.15, 0.2) is 75.1 Å². The second kappa shape index (κ2) is 11.3. The smallest absolute Gasteiger partial charge is 0.159 e. The Morgan fingerprint density at radius 1 is 1.14 bits per heavy atom. The van der Waals surface area contributed by atoms with Crippen molar-refractivity contribution < 1.29 is 13.2 Å². The van der Waals surface area contributed by atoms with Gasteiger partial charge in [0.25, 0.3) is 0 Å². The Kier molecular flexibility index (Phi) is 7.77. The number of H-pyrrole nitrogens is 1. The number of fused-ring (bicyclic) bond motifs is 1. The van der Waals surface area contributed by atoms with Gasteiger partial charge >= 0.3 is 0 Å². The predicted octanol–water partition coefficient (Wildman–Crippen LogP) is 5.07. The fraction of sp³-hybridized carbons (Fsp3) is 0.241. The first-order valence-electron chi connectivity index (χ1n) is 13.6. The molecule has 1 atom stereocenters. The number of pyridine rings is 1. The van der Waals surface area contributed by atoms with Crippen LogP contribution < -0.4 is 10.5 Å². The summed E-state index contributed by atoms with van der Waals surface area (Å²) < 4.78 is 43.8. The van der Waals surface area contributed by atoms with E-state index < -0.39 is 20.0 Å². The number of nitrogens with zero attached hydrogens (tertiary/aromatic N) is 4. The quantitative estimate of drug-likeness (QED) is 0.151. The number of morpholine rings is 1. The molecule has 0 saturated carbocycles. The van der Waals surface area contributed by atoms with E-state index in [-0.39, 0.29) is 4.90 Å². The zero-order valence-corrected chi connectivity index (χ0v) is 27.2. The lowest BCUT2D eigenvalue weighted by molar-refractivity contribution is 0.0741. The van der Waals surface area contributed by atoms with Crippen LogP contribution in [0.2, 0.25) is 0 Å². The van der Waals surface area contributed by atoms with Crippen molar-refractivity contribution in [2.45, 2.75) is 23.6 Å². The van der Waals surface area contributed by atoms with Crippen molar-refractivity contribution in [3.8, 4) is 17.1 Å². The van der Waals surface area contributed by atoms with E-state index >= 15 is 0 Å². The van der Waals surface area contributed by atoms with E-state index in [4.69, 9.17) is 19.6 Å². The van der Waals surface area contributed by atoms with E-state index in [1.807, 2.05) is 48.7 Å². The number of aromatic amines is 1. The fourth-order valence-electron chi connectivity index (χ4n) is 5.46. The summed E-state index contributed by atoms with van der Waals surface area (Å²) in [5.74, 6) is 0.662. The second-order valence-electron chi connectivity index (χ2n) is 10.6. The highest BCUT2D eigenvalue weighted by molar-refractivity contribution is 9.10. The van der Waals surface area contributed by atoms with Crippen molar-refractivity contribution >= 4 is 58.5 Å². The number of nitrogens with two attached hydrogens (primary N) is 1. The summed E-state index contributed by atoms with van der Waals surface area (Å²) in [6.45, 7) is 6.62. The molecule has 1 fully saturated rings. The summed E-state index contributed by atoms with van der Waals surface area (Å²) in [6, 6.07) is 16.7. The van der Waals surface area contributed by atoms with Crippen molar-refractivity contribution in [1.29, 1.82) is 4.78 Å². The van der Waals surface area contributed by atoms with E-state index in [0.717, 1.165) is 27.5 Å². The lowest BCUT2D eigenvalue weighted by Gasteiger charge is -2.36. The molecule has 6 rings (SSSR count). The average molecular weight is 686 g/mol. The third-order valence-electron chi connectivity index (χ3n) is 7.72. The molecule has 0 spiro atoms.